The van der Waals surface area contributed by atoms with Gasteiger partial charge in [-0.2, -0.15) is 0 Å². The van der Waals surface area contributed by atoms with Crippen LogP contribution in [0.4, 0.5) is 17.1 Å². The molecule has 61 heavy (non-hydrogen) atoms. The summed E-state index contributed by atoms with van der Waals surface area (Å²) in [6.07, 6.45) is 4.72. The van der Waals surface area contributed by atoms with Crippen LogP contribution in [0.5, 0.6) is 23.0 Å². The van der Waals surface area contributed by atoms with E-state index in [1.54, 1.807) is 52.0 Å². The highest BCUT2D eigenvalue weighted by atomic mass is 16.7. The summed E-state index contributed by atoms with van der Waals surface area (Å²) in [7, 11) is 5.20. The number of carbonyl (C=O) groups excluding carboxylic acids is 3. The van der Waals surface area contributed by atoms with Crippen molar-refractivity contribution in [3.63, 3.8) is 0 Å². The standard InChI is InChI=1S/C46H57N3O12/c1-22-13-12-14-23(2)45(57)48-36-31(21-47-29-15-17-30(18-16-29)49(9)10)40(54)33-34(41(36)55)39(53)27(6)43-35(33)44(56)46(8,61-43)59-20-19-32(58-11)24(3)42(60-28(7)50)26(5)38(52)25(4)37(22)51/h12-22,24-26,32,37-38,42,51-55H,1-11H3,(H,48,57). The first kappa shape index (κ1) is 46.2. The third-order valence-electron chi connectivity index (χ3n) is 11.7. The van der Waals surface area contributed by atoms with Crippen molar-refractivity contribution in [3.8, 4) is 23.0 Å². The van der Waals surface area contributed by atoms with Gasteiger partial charge in [0.05, 0.1) is 52.5 Å². The molecule has 0 radical (unpaired) electrons. The van der Waals surface area contributed by atoms with E-state index < -0.39 is 88.8 Å². The number of ketones is 1. The molecule has 3 aliphatic rings. The number of hydrogen-bond donors (Lipinski definition) is 6. The average molecular weight is 844 g/mol. The molecule has 0 saturated heterocycles. The number of hydrogen-bond acceptors (Lipinski definition) is 14. The van der Waals surface area contributed by atoms with E-state index in [4.69, 9.17) is 18.9 Å². The fourth-order valence-corrected chi connectivity index (χ4v) is 7.85. The molecular formula is C46H57N3O12. The minimum absolute atomic E-state index is 0.0407. The molecule has 6 rings (SSSR count). The van der Waals surface area contributed by atoms with Crippen LogP contribution in [0.15, 0.2) is 65.4 Å². The number of carbonyl (C=O) groups is 3. The number of phenols is 3. The van der Waals surface area contributed by atoms with E-state index in [0.717, 1.165) is 5.69 Å². The zero-order chi connectivity index (χ0) is 45.2. The Kier molecular flexibility index (Phi) is 13.9. The number of esters is 1. The molecule has 3 aromatic rings. The first-order valence-electron chi connectivity index (χ1n) is 20.0. The summed E-state index contributed by atoms with van der Waals surface area (Å²) in [6.45, 7) is 12.5. The van der Waals surface area contributed by atoms with Gasteiger partial charge < -0.3 is 54.7 Å². The van der Waals surface area contributed by atoms with E-state index in [1.165, 1.54) is 59.4 Å². The van der Waals surface area contributed by atoms with E-state index in [2.05, 4.69) is 10.3 Å². The van der Waals surface area contributed by atoms with E-state index in [1.807, 2.05) is 31.1 Å². The second kappa shape index (κ2) is 18.4. The van der Waals surface area contributed by atoms with Crippen LogP contribution in [0.3, 0.4) is 0 Å². The summed E-state index contributed by atoms with van der Waals surface area (Å²) in [4.78, 5) is 47.0. The number of nitrogens with zero attached hydrogens (tertiary/aromatic N) is 2. The monoisotopic (exact) mass is 843 g/mol. The predicted octanol–water partition coefficient (Wildman–Crippen LogP) is 6.57. The fourth-order valence-electron chi connectivity index (χ4n) is 7.85. The number of phenolic OH excluding ortho intramolecular Hbond substituents is 3. The Morgan fingerprint density at radius 1 is 0.918 bits per heavy atom. The molecule has 9 unspecified atom stereocenters. The first-order chi connectivity index (χ1) is 28.6. The molecule has 0 fully saturated rings. The number of allylic oxidation sites excluding steroid dienone is 2. The van der Waals surface area contributed by atoms with Gasteiger partial charge in [0, 0.05) is 87.1 Å². The van der Waals surface area contributed by atoms with Crippen LogP contribution >= 0.6 is 0 Å². The number of amides is 1. The maximum absolute atomic E-state index is 14.5. The number of nitrogens with one attached hydrogen (secondary N) is 1. The molecule has 6 N–H and O–H groups in total. The molecule has 0 spiro atoms. The van der Waals surface area contributed by atoms with Crippen molar-refractivity contribution >= 4 is 51.7 Å². The smallest absolute Gasteiger partial charge is 0.312 e. The Morgan fingerprint density at radius 3 is 2.18 bits per heavy atom. The molecule has 5 bridgehead atoms. The minimum atomic E-state index is -2.06. The van der Waals surface area contributed by atoms with Gasteiger partial charge in [-0.15, -0.1) is 0 Å². The van der Waals surface area contributed by atoms with Crippen molar-refractivity contribution in [2.45, 2.75) is 85.6 Å². The van der Waals surface area contributed by atoms with Crippen molar-refractivity contribution in [2.75, 3.05) is 31.4 Å². The molecule has 15 nitrogen and oxygen atoms in total. The number of methoxy groups -OCH3 is 1. The molecule has 0 saturated carbocycles. The highest BCUT2D eigenvalue weighted by molar-refractivity contribution is 6.24. The molecule has 1 amide bonds. The Hall–Kier alpha value is -5.90. The highest BCUT2D eigenvalue weighted by Gasteiger charge is 2.50. The topological polar surface area (TPSA) is 217 Å². The maximum Gasteiger partial charge on any atom is 0.312 e. The highest BCUT2D eigenvalue weighted by Crippen LogP contribution is 2.55. The number of fused-ring (bicyclic) bond motifs is 14. The largest absolute Gasteiger partial charge is 0.507 e. The van der Waals surface area contributed by atoms with Crippen LogP contribution in [0, 0.1) is 30.6 Å². The van der Waals surface area contributed by atoms with E-state index >= 15 is 0 Å². The lowest BCUT2D eigenvalue weighted by molar-refractivity contribution is -0.160. The number of rotatable bonds is 5. The third kappa shape index (κ3) is 9.09. The SMILES string of the molecule is COC1C=COC2(C)Oc3c(C)c(O)c4c(O)c(c(C=Nc5ccc(N(C)C)cc5)c(O)c4c3C2=O)NC(=O)C(C)=CC=CC(C)C(O)C(C)C(O)C(C)C(OC(C)=O)C1C. The Morgan fingerprint density at radius 2 is 1.57 bits per heavy atom. The van der Waals surface area contributed by atoms with Crippen LogP contribution in [-0.2, 0) is 23.8 Å². The van der Waals surface area contributed by atoms with Gasteiger partial charge in [-0.05, 0) is 44.2 Å². The quantitative estimate of drug-likeness (QED) is 0.0694. The molecule has 3 heterocycles. The lowest BCUT2D eigenvalue weighted by atomic mass is 9.78. The molecule has 0 aliphatic carbocycles. The van der Waals surface area contributed by atoms with Gasteiger partial charge in [0.25, 0.3) is 11.7 Å². The second-order valence-electron chi connectivity index (χ2n) is 16.3. The normalized spacial score (nSPS) is 27.5. The number of Topliss-reactive ketones (excluding diaryl/α,β-unsaturated/α-hetero) is 1. The Labute approximate surface area is 355 Å². The number of ether oxygens (including phenoxy) is 4. The van der Waals surface area contributed by atoms with Crippen LogP contribution in [-0.4, -0.2) is 101 Å². The van der Waals surface area contributed by atoms with Crippen LogP contribution in [0.2, 0.25) is 0 Å². The summed E-state index contributed by atoms with van der Waals surface area (Å²) < 4.78 is 23.6. The van der Waals surface area contributed by atoms with E-state index in [9.17, 15) is 39.9 Å². The van der Waals surface area contributed by atoms with Gasteiger partial charge in [-0.3, -0.25) is 19.4 Å². The molecule has 3 aliphatic heterocycles. The molecule has 3 aromatic carbocycles. The van der Waals surface area contributed by atoms with Crippen LogP contribution < -0.4 is 15.0 Å². The summed E-state index contributed by atoms with van der Waals surface area (Å²) >= 11 is 0. The van der Waals surface area contributed by atoms with Crippen molar-refractivity contribution < 1.29 is 58.9 Å². The zero-order valence-electron chi connectivity index (χ0n) is 36.4. The number of aromatic hydroxyl groups is 3. The van der Waals surface area contributed by atoms with Gasteiger partial charge >= 0.3 is 11.8 Å². The zero-order valence-corrected chi connectivity index (χ0v) is 36.4. The summed E-state index contributed by atoms with van der Waals surface area (Å²) in [5.41, 5.74) is 0.874. The van der Waals surface area contributed by atoms with Crippen molar-refractivity contribution in [1.29, 1.82) is 0 Å². The van der Waals surface area contributed by atoms with Gasteiger partial charge in [-0.1, -0.05) is 45.9 Å². The lowest BCUT2D eigenvalue weighted by Crippen LogP contribution is -2.46. The van der Waals surface area contributed by atoms with Gasteiger partial charge in [-0.25, -0.2) is 0 Å². The van der Waals surface area contributed by atoms with Crippen LogP contribution in [0.25, 0.3) is 10.8 Å². The summed E-state index contributed by atoms with van der Waals surface area (Å²) in [5, 5.41) is 60.6. The summed E-state index contributed by atoms with van der Waals surface area (Å²) in [6, 6.07) is 7.12. The predicted molar refractivity (Wildman–Crippen MR) is 232 cm³/mol. The Balaban J connectivity index is 1.73. The molecule has 9 atom stereocenters. The average Bonchev–Trinajstić information content (AvgIpc) is 3.49. The van der Waals surface area contributed by atoms with Gasteiger partial charge in [0.2, 0.25) is 0 Å². The lowest BCUT2D eigenvalue weighted by Gasteiger charge is -2.38. The molecule has 15 heteroatoms. The van der Waals surface area contributed by atoms with Crippen LogP contribution in [0.1, 0.15) is 70.0 Å². The molecule has 328 valence electrons. The number of anilines is 2. The summed E-state index contributed by atoms with van der Waals surface area (Å²) in [5.74, 6) is -8.55. The van der Waals surface area contributed by atoms with E-state index in [-0.39, 0.29) is 44.5 Å². The van der Waals surface area contributed by atoms with Crippen molar-refractivity contribution in [1.82, 2.24) is 0 Å². The number of aliphatic hydroxyl groups is 2. The van der Waals surface area contributed by atoms with Crippen molar-refractivity contribution in [3.05, 3.63) is 77.1 Å². The second-order valence-corrected chi connectivity index (χ2v) is 16.3. The fraction of sp³-hybridized carbons (Fsp3) is 0.435. The first-order valence-corrected chi connectivity index (χ1v) is 20.0. The van der Waals surface area contributed by atoms with Gasteiger partial charge in [0.1, 0.15) is 23.4 Å². The number of aliphatic imine (C=N–C) groups is 1. The number of benzene rings is 3. The van der Waals surface area contributed by atoms with Crippen molar-refractivity contribution in [2.24, 2.45) is 28.7 Å². The molecule has 0 aromatic heterocycles. The third-order valence-corrected chi connectivity index (χ3v) is 11.7. The van der Waals surface area contributed by atoms with E-state index in [0.29, 0.717) is 5.69 Å². The maximum atomic E-state index is 14.5. The minimum Gasteiger partial charge on any atom is -0.507 e. The Bertz CT molecular complexity index is 2300. The number of aliphatic hydroxyl groups excluding tert-OH is 2. The van der Waals surface area contributed by atoms with Gasteiger partial charge in [0.15, 0.2) is 5.75 Å². The molecular weight excluding hydrogens is 787 g/mol.